The summed E-state index contributed by atoms with van der Waals surface area (Å²) >= 11 is 0. The highest BCUT2D eigenvalue weighted by atomic mass is 16.5. The third-order valence-corrected chi connectivity index (χ3v) is 4.01. The van der Waals surface area contributed by atoms with Gasteiger partial charge in [0, 0.05) is 0 Å². The minimum Gasteiger partial charge on any atom is -0.493 e. The number of carbonyl (C=O) groups is 2. The normalized spacial score (nSPS) is 10.2. The maximum Gasteiger partial charge on any atom is 0.338 e. The average molecular weight is 396 g/mol. The van der Waals surface area contributed by atoms with Crippen LogP contribution in [0.15, 0.2) is 42.5 Å². The number of hydrogen-bond acceptors (Lipinski definition) is 6. The van der Waals surface area contributed by atoms with Crippen LogP contribution in [-0.4, -0.2) is 32.2 Å². The molecule has 2 aromatic carbocycles. The number of amides is 1. The van der Waals surface area contributed by atoms with Gasteiger partial charge in [-0.15, -0.1) is 0 Å². The van der Waals surface area contributed by atoms with E-state index in [0.717, 1.165) is 6.42 Å². The maximum absolute atomic E-state index is 12.3. The van der Waals surface area contributed by atoms with Crippen molar-refractivity contribution in [2.24, 2.45) is 5.92 Å². The van der Waals surface area contributed by atoms with Crippen molar-refractivity contribution in [2.45, 2.75) is 20.3 Å². The van der Waals surface area contributed by atoms with Crippen LogP contribution in [0, 0.1) is 17.2 Å². The van der Waals surface area contributed by atoms with Crippen LogP contribution in [-0.2, 0) is 9.53 Å². The Morgan fingerprint density at radius 2 is 1.90 bits per heavy atom. The summed E-state index contributed by atoms with van der Waals surface area (Å²) in [5.74, 6) is 0.259. The molecule has 0 saturated carbocycles. The number of nitrogens with zero attached hydrogens (tertiary/aromatic N) is 1. The number of anilines is 1. The number of rotatable bonds is 9. The zero-order valence-electron chi connectivity index (χ0n) is 16.7. The van der Waals surface area contributed by atoms with Crippen LogP contribution in [0.25, 0.3) is 0 Å². The van der Waals surface area contributed by atoms with E-state index >= 15 is 0 Å². The lowest BCUT2D eigenvalue weighted by Crippen LogP contribution is -2.21. The number of benzene rings is 2. The van der Waals surface area contributed by atoms with Gasteiger partial charge in [0.2, 0.25) is 0 Å². The van der Waals surface area contributed by atoms with Gasteiger partial charge in [0.25, 0.3) is 5.91 Å². The lowest BCUT2D eigenvalue weighted by Gasteiger charge is -2.13. The lowest BCUT2D eigenvalue weighted by atomic mass is 10.1. The lowest BCUT2D eigenvalue weighted by molar-refractivity contribution is -0.119. The van der Waals surface area contributed by atoms with Crippen molar-refractivity contribution >= 4 is 17.6 Å². The molecule has 2 aromatic rings. The number of carbonyl (C=O) groups excluding carboxylic acids is 2. The molecule has 0 aliphatic carbocycles. The molecule has 0 bridgehead atoms. The summed E-state index contributed by atoms with van der Waals surface area (Å²) in [6.07, 6.45) is 0.900. The molecule has 0 radical (unpaired) electrons. The van der Waals surface area contributed by atoms with E-state index < -0.39 is 18.5 Å². The van der Waals surface area contributed by atoms with E-state index in [1.165, 1.54) is 13.2 Å². The van der Waals surface area contributed by atoms with Gasteiger partial charge in [0.15, 0.2) is 18.1 Å². The van der Waals surface area contributed by atoms with Crippen LogP contribution >= 0.6 is 0 Å². The van der Waals surface area contributed by atoms with Crippen molar-refractivity contribution in [3.63, 3.8) is 0 Å². The van der Waals surface area contributed by atoms with Gasteiger partial charge in [-0.1, -0.05) is 26.0 Å². The predicted molar refractivity (Wildman–Crippen MR) is 108 cm³/mol. The Kier molecular flexibility index (Phi) is 8.04. The average Bonchev–Trinajstić information content (AvgIpc) is 2.72. The van der Waals surface area contributed by atoms with Gasteiger partial charge < -0.3 is 19.5 Å². The van der Waals surface area contributed by atoms with Gasteiger partial charge in [-0.25, -0.2) is 4.79 Å². The topological polar surface area (TPSA) is 97.6 Å². The first-order valence-electron chi connectivity index (χ1n) is 9.21. The van der Waals surface area contributed by atoms with Crippen LogP contribution in [0.2, 0.25) is 0 Å². The molecular weight excluding hydrogens is 372 g/mol. The van der Waals surface area contributed by atoms with E-state index in [2.05, 4.69) is 19.2 Å². The Morgan fingerprint density at radius 3 is 2.59 bits per heavy atom. The van der Waals surface area contributed by atoms with Gasteiger partial charge in [-0.2, -0.15) is 5.26 Å². The number of methoxy groups -OCH3 is 1. The van der Waals surface area contributed by atoms with Crippen LogP contribution in [0.4, 0.5) is 5.69 Å². The molecule has 2 rings (SSSR count). The third-order valence-electron chi connectivity index (χ3n) is 4.01. The number of para-hydroxylation sites is 1. The number of hydrogen-bond donors (Lipinski definition) is 1. The molecule has 7 heteroatoms. The summed E-state index contributed by atoms with van der Waals surface area (Å²) in [4.78, 5) is 24.3. The molecule has 0 unspecified atom stereocenters. The van der Waals surface area contributed by atoms with E-state index in [0.29, 0.717) is 35.3 Å². The minimum absolute atomic E-state index is 0.239. The summed E-state index contributed by atoms with van der Waals surface area (Å²) in [5.41, 5.74) is 0.925. The third kappa shape index (κ3) is 6.54. The van der Waals surface area contributed by atoms with E-state index in [-0.39, 0.29) is 5.56 Å². The molecule has 0 aromatic heterocycles. The SMILES string of the molecule is COc1cc(C(=O)OCC(=O)Nc2ccccc2C#N)ccc1OCCC(C)C. The van der Waals surface area contributed by atoms with Gasteiger partial charge in [-0.3, -0.25) is 4.79 Å². The molecule has 152 valence electrons. The van der Waals surface area contributed by atoms with E-state index in [9.17, 15) is 9.59 Å². The second-order valence-corrected chi connectivity index (χ2v) is 6.68. The Labute approximate surface area is 170 Å². The number of nitriles is 1. The highest BCUT2D eigenvalue weighted by Crippen LogP contribution is 2.28. The quantitative estimate of drug-likeness (QED) is 0.648. The van der Waals surface area contributed by atoms with Crippen molar-refractivity contribution in [1.29, 1.82) is 5.26 Å². The Morgan fingerprint density at radius 1 is 1.14 bits per heavy atom. The van der Waals surface area contributed by atoms with Crippen LogP contribution in [0.1, 0.15) is 36.2 Å². The summed E-state index contributed by atoms with van der Waals surface area (Å²) in [6.45, 7) is 4.28. The molecule has 0 spiro atoms. The van der Waals surface area contributed by atoms with Crippen LogP contribution in [0.3, 0.4) is 0 Å². The molecule has 1 amide bonds. The first kappa shape index (κ1) is 21.8. The van der Waals surface area contributed by atoms with E-state index in [1.807, 2.05) is 6.07 Å². The van der Waals surface area contributed by atoms with Crippen molar-refractivity contribution in [3.8, 4) is 17.6 Å². The second-order valence-electron chi connectivity index (χ2n) is 6.68. The Balaban J connectivity index is 1.94. The second kappa shape index (κ2) is 10.7. The standard InChI is InChI=1S/C22H24N2O5/c1-15(2)10-11-28-19-9-8-16(12-20(19)27-3)22(26)29-14-21(25)24-18-7-5-4-6-17(18)13-23/h4-9,12,15H,10-11,14H2,1-3H3,(H,24,25). The zero-order chi connectivity index (χ0) is 21.2. The van der Waals surface area contributed by atoms with E-state index in [1.54, 1.807) is 36.4 Å². The molecule has 0 fully saturated rings. The van der Waals surface area contributed by atoms with Crippen LogP contribution in [0.5, 0.6) is 11.5 Å². The Bertz CT molecular complexity index is 902. The molecule has 0 atom stereocenters. The summed E-state index contributed by atoms with van der Waals surface area (Å²) in [5, 5.41) is 11.6. The summed E-state index contributed by atoms with van der Waals surface area (Å²) in [7, 11) is 1.49. The number of esters is 1. The minimum atomic E-state index is -0.666. The van der Waals surface area contributed by atoms with Gasteiger partial charge in [-0.05, 0) is 42.7 Å². The first-order valence-corrected chi connectivity index (χ1v) is 9.21. The molecule has 0 aliphatic heterocycles. The Hall–Kier alpha value is -3.53. The fraction of sp³-hybridized carbons (Fsp3) is 0.318. The monoisotopic (exact) mass is 396 g/mol. The summed E-state index contributed by atoms with van der Waals surface area (Å²) < 4.78 is 16.0. The van der Waals surface area contributed by atoms with Crippen molar-refractivity contribution in [2.75, 3.05) is 25.6 Å². The van der Waals surface area contributed by atoms with E-state index in [4.69, 9.17) is 19.5 Å². The molecule has 7 nitrogen and oxygen atoms in total. The highest BCUT2D eigenvalue weighted by Gasteiger charge is 2.15. The fourth-order valence-corrected chi connectivity index (χ4v) is 2.41. The molecule has 1 N–H and O–H groups in total. The van der Waals surface area contributed by atoms with Gasteiger partial charge in [0.05, 0.1) is 30.5 Å². The predicted octanol–water partition coefficient (Wildman–Crippen LogP) is 3.79. The van der Waals surface area contributed by atoms with Gasteiger partial charge in [0.1, 0.15) is 6.07 Å². The van der Waals surface area contributed by atoms with Crippen molar-refractivity contribution < 1.29 is 23.8 Å². The number of ether oxygens (including phenoxy) is 3. The molecular formula is C22H24N2O5. The van der Waals surface area contributed by atoms with Crippen molar-refractivity contribution in [3.05, 3.63) is 53.6 Å². The molecule has 0 aliphatic rings. The fourth-order valence-electron chi connectivity index (χ4n) is 2.41. The largest absolute Gasteiger partial charge is 0.493 e. The number of nitrogens with one attached hydrogen (secondary N) is 1. The highest BCUT2D eigenvalue weighted by molar-refractivity contribution is 5.96. The zero-order valence-corrected chi connectivity index (χ0v) is 16.7. The van der Waals surface area contributed by atoms with Gasteiger partial charge >= 0.3 is 5.97 Å². The molecule has 0 saturated heterocycles. The van der Waals surface area contributed by atoms with Crippen LogP contribution < -0.4 is 14.8 Å². The summed E-state index contributed by atoms with van der Waals surface area (Å²) in [6, 6.07) is 13.3. The smallest absolute Gasteiger partial charge is 0.338 e. The molecule has 0 heterocycles. The molecule has 29 heavy (non-hydrogen) atoms. The first-order chi connectivity index (χ1) is 13.9. The van der Waals surface area contributed by atoms with Crippen molar-refractivity contribution in [1.82, 2.24) is 0 Å². The maximum atomic E-state index is 12.3.